The van der Waals surface area contributed by atoms with Gasteiger partial charge in [0.1, 0.15) is 22.8 Å². The molecule has 1 fully saturated rings. The average molecular weight is 555 g/mol. The summed E-state index contributed by atoms with van der Waals surface area (Å²) in [5.41, 5.74) is 0.914. The van der Waals surface area contributed by atoms with Crippen molar-refractivity contribution in [2.75, 3.05) is 33.1 Å². The van der Waals surface area contributed by atoms with Gasteiger partial charge in [-0.15, -0.1) is 6.58 Å². The van der Waals surface area contributed by atoms with Gasteiger partial charge in [-0.1, -0.05) is 6.08 Å². The first kappa shape index (κ1) is 28.8. The van der Waals surface area contributed by atoms with E-state index in [0.29, 0.717) is 11.3 Å². The van der Waals surface area contributed by atoms with Gasteiger partial charge < -0.3 is 36.4 Å². The van der Waals surface area contributed by atoms with E-state index in [4.69, 9.17) is 5.73 Å². The second-order valence-corrected chi connectivity index (χ2v) is 11.0. The van der Waals surface area contributed by atoms with E-state index in [1.165, 1.54) is 32.0 Å². The fourth-order valence-corrected chi connectivity index (χ4v) is 6.65. The number of phenols is 1. The smallest absolute Gasteiger partial charge is 0.255 e. The highest BCUT2D eigenvalue weighted by molar-refractivity contribution is 6.25. The Morgan fingerprint density at radius 1 is 1.20 bits per heavy atom. The number of nitrogens with one attached hydrogen (secondary N) is 1. The summed E-state index contributed by atoms with van der Waals surface area (Å²) >= 11 is 0. The Balaban J connectivity index is 2.05. The molecule has 4 rings (SSSR count). The summed E-state index contributed by atoms with van der Waals surface area (Å²) in [6.45, 7) is 5.07. The second-order valence-electron chi connectivity index (χ2n) is 11.0. The number of rotatable bonds is 6. The highest BCUT2D eigenvalue weighted by Gasteiger charge is 2.71. The molecule has 0 bridgehead atoms. The number of carbonyl (C=O) groups excluding carboxylic acids is 4. The Bertz CT molecular complexity index is 1440. The van der Waals surface area contributed by atoms with Gasteiger partial charge in [0.15, 0.2) is 11.4 Å². The third kappa shape index (κ3) is 3.66. The normalized spacial score (nSPS) is 27.7. The Hall–Kier alpha value is -4.16. The number of anilines is 1. The average Bonchev–Trinajstić information content (AvgIpc) is 2.84. The number of amides is 2. The Morgan fingerprint density at radius 3 is 2.33 bits per heavy atom. The van der Waals surface area contributed by atoms with Crippen LogP contribution in [-0.4, -0.2) is 88.5 Å². The van der Waals surface area contributed by atoms with Gasteiger partial charge in [-0.2, -0.15) is 0 Å². The molecule has 1 aromatic carbocycles. The maximum atomic E-state index is 14.2. The first-order valence-electron chi connectivity index (χ1n) is 12.6. The fourth-order valence-electron chi connectivity index (χ4n) is 6.65. The molecule has 12 nitrogen and oxygen atoms in total. The van der Waals surface area contributed by atoms with Gasteiger partial charge in [0.05, 0.1) is 17.0 Å². The van der Waals surface area contributed by atoms with Crippen molar-refractivity contribution < 1.29 is 39.6 Å². The molecule has 0 saturated heterocycles. The summed E-state index contributed by atoms with van der Waals surface area (Å²) < 4.78 is 0. The van der Waals surface area contributed by atoms with Gasteiger partial charge in [-0.25, -0.2) is 0 Å². The zero-order valence-electron chi connectivity index (χ0n) is 23.0. The number of fused-ring (bicyclic) bond motifs is 3. The van der Waals surface area contributed by atoms with Crippen LogP contribution in [0.3, 0.4) is 0 Å². The number of phenolic OH excluding ortho intramolecular Hbond substituents is 1. The van der Waals surface area contributed by atoms with E-state index in [9.17, 15) is 39.6 Å². The largest absolute Gasteiger partial charge is 0.508 e. The van der Waals surface area contributed by atoms with Crippen molar-refractivity contribution in [1.29, 1.82) is 0 Å². The Morgan fingerprint density at radius 2 is 1.82 bits per heavy atom. The highest BCUT2D eigenvalue weighted by Crippen LogP contribution is 2.60. The zero-order chi connectivity index (χ0) is 30.1. The Labute approximate surface area is 231 Å². The van der Waals surface area contributed by atoms with Gasteiger partial charge in [0.25, 0.3) is 5.91 Å². The maximum Gasteiger partial charge on any atom is 0.255 e. The van der Waals surface area contributed by atoms with Crippen LogP contribution in [0.25, 0.3) is 5.76 Å². The molecule has 40 heavy (non-hydrogen) atoms. The fraction of sp³-hybridized carbons (Fsp3) is 0.429. The van der Waals surface area contributed by atoms with E-state index in [2.05, 4.69) is 11.9 Å². The number of hydrogen-bond acceptors (Lipinski definition) is 10. The number of nitrogens with zero attached hydrogens (tertiary/aromatic N) is 2. The van der Waals surface area contributed by atoms with Crippen molar-refractivity contribution in [2.24, 2.45) is 17.1 Å². The van der Waals surface area contributed by atoms with Crippen molar-refractivity contribution in [3.05, 3.63) is 52.3 Å². The molecule has 12 heteroatoms. The monoisotopic (exact) mass is 554 g/mol. The van der Waals surface area contributed by atoms with Crippen LogP contribution in [-0.2, 0) is 32.1 Å². The van der Waals surface area contributed by atoms with Crippen LogP contribution in [0, 0.1) is 11.3 Å². The number of aromatic hydroxyl groups is 1. The van der Waals surface area contributed by atoms with Gasteiger partial charge in [0, 0.05) is 44.4 Å². The summed E-state index contributed by atoms with van der Waals surface area (Å²) in [5.74, 6) is -6.61. The van der Waals surface area contributed by atoms with Gasteiger partial charge >= 0.3 is 0 Å². The molecule has 214 valence electrons. The SMILES string of the molecule is C=C[C@@]12C[C@@H]3Cc4c(N(C)C)cc(CNC(C)=O)c(O)c4C(O)=C3C(=O)[C@]1(O)C(O)=C(C(N)=O)C(=O)C2N(C)C. The van der Waals surface area contributed by atoms with Gasteiger partial charge in [0.2, 0.25) is 11.7 Å². The van der Waals surface area contributed by atoms with Crippen LogP contribution in [0.4, 0.5) is 5.69 Å². The number of carbonyl (C=O) groups is 4. The third-order valence-corrected chi connectivity index (χ3v) is 8.34. The minimum absolute atomic E-state index is 0.0458. The summed E-state index contributed by atoms with van der Waals surface area (Å²) in [6, 6.07) is 0.372. The number of aliphatic hydroxyl groups excluding tert-OH is 2. The molecule has 0 spiro atoms. The van der Waals surface area contributed by atoms with Crippen LogP contribution in [0.5, 0.6) is 5.75 Å². The molecule has 0 aromatic heterocycles. The molecular formula is C28H34N4O8. The van der Waals surface area contributed by atoms with Crippen molar-refractivity contribution in [2.45, 2.75) is 38.0 Å². The molecule has 2 amide bonds. The summed E-state index contributed by atoms with van der Waals surface area (Å²) in [4.78, 5) is 54.7. The molecular weight excluding hydrogens is 520 g/mol. The van der Waals surface area contributed by atoms with E-state index in [0.717, 1.165) is 0 Å². The number of nitrogens with two attached hydrogens (primary N) is 1. The lowest BCUT2D eigenvalue weighted by Gasteiger charge is -2.57. The topological polar surface area (TPSA) is 194 Å². The van der Waals surface area contributed by atoms with Crippen molar-refractivity contribution in [3.8, 4) is 5.75 Å². The van der Waals surface area contributed by atoms with E-state index in [1.54, 1.807) is 25.1 Å². The molecule has 0 aliphatic heterocycles. The van der Waals surface area contributed by atoms with Crippen LogP contribution in [0.15, 0.2) is 35.6 Å². The molecule has 1 aromatic rings. The highest BCUT2D eigenvalue weighted by atomic mass is 16.3. The van der Waals surface area contributed by atoms with Crippen molar-refractivity contribution in [1.82, 2.24) is 10.2 Å². The van der Waals surface area contributed by atoms with Crippen LogP contribution >= 0.6 is 0 Å². The first-order chi connectivity index (χ1) is 18.6. The molecule has 1 saturated carbocycles. The molecule has 7 N–H and O–H groups in total. The molecule has 1 unspecified atom stereocenters. The summed E-state index contributed by atoms with van der Waals surface area (Å²) in [7, 11) is 6.57. The van der Waals surface area contributed by atoms with E-state index >= 15 is 0 Å². The van der Waals surface area contributed by atoms with Crippen molar-refractivity contribution in [3.63, 3.8) is 0 Å². The number of hydrogen-bond donors (Lipinski definition) is 6. The number of ketones is 2. The molecule has 0 heterocycles. The molecule has 3 aliphatic carbocycles. The van der Waals surface area contributed by atoms with Crippen LogP contribution in [0.2, 0.25) is 0 Å². The molecule has 0 radical (unpaired) electrons. The second kappa shape index (κ2) is 9.49. The number of aliphatic hydroxyl groups is 3. The number of Topliss-reactive ketones (excluding diaryl/α,β-unsaturated/α-hetero) is 2. The summed E-state index contributed by atoms with van der Waals surface area (Å²) in [6.07, 6.45) is 1.24. The number of benzene rings is 1. The third-order valence-electron chi connectivity index (χ3n) is 8.34. The van der Waals surface area contributed by atoms with Crippen LogP contribution in [0.1, 0.15) is 30.0 Å². The lowest BCUT2D eigenvalue weighted by molar-refractivity contribution is -0.165. The van der Waals surface area contributed by atoms with Crippen LogP contribution < -0.4 is 16.0 Å². The lowest BCUT2D eigenvalue weighted by Crippen LogP contribution is -2.71. The quantitative estimate of drug-likeness (QED) is 0.209. The number of likely N-dealkylation sites (N-methyl/N-ethyl adjacent to an activating group) is 1. The van der Waals surface area contributed by atoms with Crippen molar-refractivity contribution >= 4 is 34.8 Å². The standard InChI is InChI=1S/C28H34N4O8/c1-7-27-10-13-8-15-16(31(3)4)9-14(11-30-12(2)33)20(34)18(15)21(35)17(13)24(37)28(27,40)25(38)19(26(29)39)22(36)23(27)32(5)6/h7,9,13,23,34-35,38,40H,1,8,10-11H2,2-6H3,(H2,29,39)(H,30,33)/t13-,23?,27-,28-/m0/s1. The minimum atomic E-state index is -2.87. The molecule has 3 aliphatic rings. The first-order valence-corrected chi connectivity index (χ1v) is 12.6. The summed E-state index contributed by atoms with van der Waals surface area (Å²) in [5, 5.41) is 48.6. The maximum absolute atomic E-state index is 14.2. The van der Waals surface area contributed by atoms with Gasteiger partial charge in [-0.3, -0.25) is 24.1 Å². The Kier molecular flexibility index (Phi) is 6.84. The van der Waals surface area contributed by atoms with Gasteiger partial charge in [-0.05, 0) is 44.5 Å². The predicted molar refractivity (Wildman–Crippen MR) is 145 cm³/mol. The predicted octanol–water partition coefficient (Wildman–Crippen LogP) is 0.222. The zero-order valence-corrected chi connectivity index (χ0v) is 23.0. The lowest BCUT2D eigenvalue weighted by atomic mass is 9.49. The van der Waals surface area contributed by atoms with E-state index in [-0.39, 0.29) is 47.7 Å². The molecule has 4 atom stereocenters. The van der Waals surface area contributed by atoms with E-state index in [1.807, 2.05) is 0 Å². The minimum Gasteiger partial charge on any atom is -0.508 e. The number of primary amides is 1. The van der Waals surface area contributed by atoms with E-state index < -0.39 is 57.5 Å².